The molecule has 10 rings (SSSR count). The molecule has 0 fully saturated rings. The SMILES string of the molecule is c1ccc2cc(-c3c4ccccc4c(-c4ccc5c(c4)sc4cc6c(cc45)sc4ccccc46)c4ccccc34)ccc2c1. The van der Waals surface area contributed by atoms with Crippen LogP contribution >= 0.6 is 22.7 Å². The molecule has 0 atom stereocenters. The Morgan fingerprint density at radius 3 is 1.39 bits per heavy atom. The van der Waals surface area contributed by atoms with Crippen LogP contribution in [0.25, 0.3) is 94.9 Å². The second kappa shape index (κ2) is 9.24. The van der Waals surface area contributed by atoms with E-state index in [0.29, 0.717) is 0 Å². The van der Waals surface area contributed by atoms with Crippen LogP contribution in [-0.2, 0) is 0 Å². The molecule has 44 heavy (non-hydrogen) atoms. The minimum Gasteiger partial charge on any atom is -0.135 e. The van der Waals surface area contributed by atoms with E-state index in [0.717, 1.165) is 0 Å². The van der Waals surface area contributed by atoms with Gasteiger partial charge in [-0.1, -0.05) is 115 Å². The third-order valence-electron chi connectivity index (χ3n) is 9.23. The molecule has 0 nitrogen and oxygen atoms in total. The van der Waals surface area contributed by atoms with E-state index < -0.39 is 0 Å². The summed E-state index contributed by atoms with van der Waals surface area (Å²) in [6, 6.07) is 54.2. The molecule has 0 aliphatic heterocycles. The molecule has 0 bridgehead atoms. The first kappa shape index (κ1) is 24.4. The van der Waals surface area contributed by atoms with Gasteiger partial charge < -0.3 is 0 Å². The molecule has 0 N–H and O–H groups in total. The normalized spacial score (nSPS) is 12.1. The summed E-state index contributed by atoms with van der Waals surface area (Å²) in [6.45, 7) is 0. The average molecular weight is 593 g/mol. The van der Waals surface area contributed by atoms with Crippen molar-refractivity contribution in [2.45, 2.75) is 0 Å². The van der Waals surface area contributed by atoms with Crippen molar-refractivity contribution in [3.63, 3.8) is 0 Å². The number of thiophene rings is 2. The highest BCUT2D eigenvalue weighted by Crippen LogP contribution is 2.46. The lowest BCUT2D eigenvalue weighted by Gasteiger charge is -2.18. The molecule has 0 saturated carbocycles. The van der Waals surface area contributed by atoms with E-state index >= 15 is 0 Å². The number of rotatable bonds is 2. The smallest absolute Gasteiger partial charge is 0.0362 e. The number of hydrogen-bond donors (Lipinski definition) is 0. The maximum absolute atomic E-state index is 2.43. The summed E-state index contributed by atoms with van der Waals surface area (Å²) >= 11 is 3.81. The largest absolute Gasteiger partial charge is 0.135 e. The highest BCUT2D eigenvalue weighted by Gasteiger charge is 2.18. The van der Waals surface area contributed by atoms with E-state index in [1.165, 1.54) is 94.9 Å². The first-order valence-electron chi connectivity index (χ1n) is 15.0. The molecular formula is C42H24S2. The molecule has 0 unspecified atom stereocenters. The summed E-state index contributed by atoms with van der Waals surface area (Å²) in [5, 5.41) is 13.1. The lowest BCUT2D eigenvalue weighted by Crippen LogP contribution is -1.90. The lowest BCUT2D eigenvalue weighted by molar-refractivity contribution is 1.69. The van der Waals surface area contributed by atoms with Crippen LogP contribution in [0.5, 0.6) is 0 Å². The molecule has 2 heteroatoms. The molecule has 204 valence electrons. The van der Waals surface area contributed by atoms with Crippen LogP contribution in [0.15, 0.2) is 146 Å². The van der Waals surface area contributed by atoms with E-state index in [4.69, 9.17) is 0 Å². The van der Waals surface area contributed by atoms with Crippen LogP contribution in [0.3, 0.4) is 0 Å². The lowest BCUT2D eigenvalue weighted by atomic mass is 9.85. The Labute approximate surface area is 262 Å². The van der Waals surface area contributed by atoms with E-state index in [9.17, 15) is 0 Å². The van der Waals surface area contributed by atoms with Gasteiger partial charge in [0.15, 0.2) is 0 Å². The Morgan fingerprint density at radius 1 is 0.273 bits per heavy atom. The van der Waals surface area contributed by atoms with Crippen LogP contribution in [0.1, 0.15) is 0 Å². The predicted molar refractivity (Wildman–Crippen MR) is 196 cm³/mol. The fourth-order valence-electron chi connectivity index (χ4n) is 7.24. The van der Waals surface area contributed by atoms with Gasteiger partial charge in [-0.15, -0.1) is 22.7 Å². The first-order valence-corrected chi connectivity index (χ1v) is 16.6. The molecule has 0 aliphatic carbocycles. The van der Waals surface area contributed by atoms with Crippen LogP contribution < -0.4 is 0 Å². The fraction of sp³-hybridized carbons (Fsp3) is 0. The van der Waals surface area contributed by atoms with Gasteiger partial charge in [0.1, 0.15) is 0 Å². The topological polar surface area (TPSA) is 0 Å². The first-order chi connectivity index (χ1) is 21.8. The standard InChI is InChI=1S/C42H24S2/c1-2-10-26-21-27(18-17-25(26)9-1)41-31-12-3-5-14-33(31)42(34-15-6-4-13-32(34)41)28-19-20-30-36-24-39-35(23-40(36)44-38(30)22-28)29-11-7-8-16-37(29)43-39/h1-24H. The van der Waals surface area contributed by atoms with Crippen molar-refractivity contribution in [1.29, 1.82) is 0 Å². The summed E-state index contributed by atoms with van der Waals surface area (Å²) in [6.07, 6.45) is 0. The van der Waals surface area contributed by atoms with Gasteiger partial charge in [0.05, 0.1) is 0 Å². The molecule has 0 amide bonds. The van der Waals surface area contributed by atoms with Crippen molar-refractivity contribution >= 4 is 95.3 Å². The van der Waals surface area contributed by atoms with Gasteiger partial charge in [-0.2, -0.15) is 0 Å². The average Bonchev–Trinajstić information content (AvgIpc) is 3.62. The van der Waals surface area contributed by atoms with E-state index in [-0.39, 0.29) is 0 Å². The maximum Gasteiger partial charge on any atom is 0.0362 e. The van der Waals surface area contributed by atoms with E-state index in [1.807, 2.05) is 22.7 Å². The summed E-state index contributed by atoms with van der Waals surface area (Å²) in [7, 11) is 0. The van der Waals surface area contributed by atoms with Gasteiger partial charge in [0.2, 0.25) is 0 Å². The summed E-state index contributed by atoms with van der Waals surface area (Å²) in [4.78, 5) is 0. The van der Waals surface area contributed by atoms with Gasteiger partial charge in [0.25, 0.3) is 0 Å². The second-order valence-corrected chi connectivity index (χ2v) is 13.8. The minimum absolute atomic E-state index is 1.26. The second-order valence-electron chi connectivity index (χ2n) is 11.7. The van der Waals surface area contributed by atoms with Gasteiger partial charge in [-0.25, -0.2) is 0 Å². The van der Waals surface area contributed by atoms with Crippen LogP contribution in [0.2, 0.25) is 0 Å². The third-order valence-corrected chi connectivity index (χ3v) is 11.5. The van der Waals surface area contributed by atoms with Crippen molar-refractivity contribution in [2.24, 2.45) is 0 Å². The molecule has 10 aromatic rings. The molecule has 0 saturated heterocycles. The zero-order valence-electron chi connectivity index (χ0n) is 23.7. The zero-order chi connectivity index (χ0) is 28.8. The summed E-state index contributed by atoms with van der Waals surface area (Å²) in [5.41, 5.74) is 5.15. The van der Waals surface area contributed by atoms with E-state index in [2.05, 4.69) is 146 Å². The molecule has 0 aliphatic rings. The maximum atomic E-state index is 2.43. The molecule has 8 aromatic carbocycles. The monoisotopic (exact) mass is 592 g/mol. The van der Waals surface area contributed by atoms with Crippen molar-refractivity contribution in [2.75, 3.05) is 0 Å². The number of hydrogen-bond acceptors (Lipinski definition) is 2. The molecule has 0 spiro atoms. The van der Waals surface area contributed by atoms with Crippen LogP contribution in [0.4, 0.5) is 0 Å². The van der Waals surface area contributed by atoms with Crippen molar-refractivity contribution < 1.29 is 0 Å². The molecule has 2 heterocycles. The Hall–Kier alpha value is -5.02. The highest BCUT2D eigenvalue weighted by molar-refractivity contribution is 7.27. The molecule has 2 aromatic heterocycles. The summed E-state index contributed by atoms with van der Waals surface area (Å²) < 4.78 is 5.42. The van der Waals surface area contributed by atoms with Gasteiger partial charge in [0, 0.05) is 40.3 Å². The Balaban J connectivity index is 1.24. The molecule has 0 radical (unpaired) electrons. The summed E-state index contributed by atoms with van der Waals surface area (Å²) in [5.74, 6) is 0. The quantitative estimate of drug-likeness (QED) is 0.175. The van der Waals surface area contributed by atoms with Crippen molar-refractivity contribution in [1.82, 2.24) is 0 Å². The van der Waals surface area contributed by atoms with Gasteiger partial charge >= 0.3 is 0 Å². The van der Waals surface area contributed by atoms with Crippen molar-refractivity contribution in [3.8, 4) is 22.3 Å². The Bertz CT molecular complexity index is 2720. The van der Waals surface area contributed by atoms with Gasteiger partial charge in [-0.05, 0) is 84.9 Å². The number of fused-ring (bicyclic) bond motifs is 9. The Morgan fingerprint density at radius 2 is 0.727 bits per heavy atom. The van der Waals surface area contributed by atoms with E-state index in [1.54, 1.807) is 0 Å². The minimum atomic E-state index is 1.26. The van der Waals surface area contributed by atoms with Gasteiger partial charge in [-0.3, -0.25) is 0 Å². The predicted octanol–water partition coefficient (Wildman–Crippen LogP) is 13.2. The van der Waals surface area contributed by atoms with Crippen molar-refractivity contribution in [3.05, 3.63) is 146 Å². The third kappa shape index (κ3) is 3.50. The molecular weight excluding hydrogens is 569 g/mol. The van der Waals surface area contributed by atoms with Crippen LogP contribution in [0, 0.1) is 0 Å². The number of benzene rings is 8. The zero-order valence-corrected chi connectivity index (χ0v) is 25.3. The highest BCUT2D eigenvalue weighted by atomic mass is 32.1. The van der Waals surface area contributed by atoms with Crippen LogP contribution in [-0.4, -0.2) is 0 Å². The Kier molecular flexibility index (Phi) is 5.13. The fourth-order valence-corrected chi connectivity index (χ4v) is 9.54.